The maximum Gasteiger partial charge on any atom is 0.282 e. The third kappa shape index (κ3) is 5.58. The summed E-state index contributed by atoms with van der Waals surface area (Å²) in [6.45, 7) is 3.21. The number of benzene rings is 2. The van der Waals surface area contributed by atoms with Crippen LogP contribution in [0.2, 0.25) is 5.02 Å². The Morgan fingerprint density at radius 2 is 1.83 bits per heavy atom. The van der Waals surface area contributed by atoms with Gasteiger partial charge in [0.2, 0.25) is 0 Å². The zero-order chi connectivity index (χ0) is 16.7. The van der Waals surface area contributed by atoms with Gasteiger partial charge in [0, 0.05) is 10.7 Å². The van der Waals surface area contributed by atoms with Crippen molar-refractivity contribution in [3.63, 3.8) is 0 Å². The molecule has 2 aromatic rings. The summed E-state index contributed by atoms with van der Waals surface area (Å²) in [5, 5.41) is 3.55. The smallest absolute Gasteiger partial charge is 0.282 e. The normalized spacial score (nSPS) is 13.2. The number of anilines is 1. The van der Waals surface area contributed by atoms with Gasteiger partial charge in [0.25, 0.3) is 5.91 Å². The Morgan fingerprint density at radius 3 is 2.48 bits per heavy atom. The van der Waals surface area contributed by atoms with Crippen LogP contribution in [-0.4, -0.2) is 32.1 Å². The highest BCUT2D eigenvalue weighted by Gasteiger charge is 2.21. The number of carbonyl (C=O) groups excluding carboxylic acids is 1. The molecule has 1 unspecified atom stereocenters. The Balaban J connectivity index is 1.78. The molecule has 0 aliphatic rings. The molecule has 0 bridgehead atoms. The van der Waals surface area contributed by atoms with E-state index in [1.807, 2.05) is 44.3 Å². The number of hydrogen-bond donors (Lipinski definition) is 2. The van der Waals surface area contributed by atoms with Gasteiger partial charge in [-0.2, -0.15) is 0 Å². The lowest BCUT2D eigenvalue weighted by molar-refractivity contribution is -0.894. The zero-order valence-electron chi connectivity index (χ0n) is 13.4. The van der Waals surface area contributed by atoms with Gasteiger partial charge in [-0.15, -0.1) is 0 Å². The van der Waals surface area contributed by atoms with E-state index >= 15 is 0 Å². The first-order chi connectivity index (χ1) is 11.1. The lowest BCUT2D eigenvalue weighted by Crippen LogP contribution is -3.14. The largest absolute Gasteiger partial charge is 0.488 e. The summed E-state index contributed by atoms with van der Waals surface area (Å²) >= 11 is 5.84. The molecule has 23 heavy (non-hydrogen) atoms. The fourth-order valence-electron chi connectivity index (χ4n) is 2.07. The van der Waals surface area contributed by atoms with E-state index < -0.39 is 0 Å². The topological polar surface area (TPSA) is 42.8 Å². The molecule has 0 heterocycles. The van der Waals surface area contributed by atoms with Crippen molar-refractivity contribution in [2.45, 2.75) is 13.0 Å². The van der Waals surface area contributed by atoms with Gasteiger partial charge < -0.3 is 15.0 Å². The average Bonchev–Trinajstić information content (AvgIpc) is 2.57. The molecule has 1 amide bonds. The monoisotopic (exact) mass is 333 g/mol. The summed E-state index contributed by atoms with van der Waals surface area (Å²) in [5.41, 5.74) is 0.750. The van der Waals surface area contributed by atoms with E-state index in [1.165, 1.54) is 0 Å². The molecule has 2 rings (SSSR count). The van der Waals surface area contributed by atoms with Gasteiger partial charge in [0.15, 0.2) is 6.04 Å². The van der Waals surface area contributed by atoms with Crippen LogP contribution in [-0.2, 0) is 4.79 Å². The molecule has 0 saturated heterocycles. The summed E-state index contributed by atoms with van der Waals surface area (Å²) in [6, 6.07) is 16.6. The Kier molecular flexibility index (Phi) is 6.44. The standard InChI is InChI=1S/C18H21ClN2O2/c1-14(18(22)20-16-10-8-15(19)9-11-16)21(2)12-13-23-17-6-4-3-5-7-17/h3-11,14H,12-13H2,1-2H3,(H,20,22)/p+1/t14-/m0/s1. The fraction of sp³-hybridized carbons (Fsp3) is 0.278. The second-order valence-electron chi connectivity index (χ2n) is 5.48. The number of nitrogens with one attached hydrogen (secondary N) is 2. The third-order valence-electron chi connectivity index (χ3n) is 3.75. The molecule has 0 radical (unpaired) electrons. The van der Waals surface area contributed by atoms with Gasteiger partial charge >= 0.3 is 0 Å². The minimum atomic E-state index is -0.176. The number of likely N-dealkylation sites (N-methyl/N-ethyl adjacent to an activating group) is 1. The van der Waals surface area contributed by atoms with Crippen molar-refractivity contribution < 1.29 is 14.4 Å². The van der Waals surface area contributed by atoms with Crippen molar-refractivity contribution in [3.05, 3.63) is 59.6 Å². The van der Waals surface area contributed by atoms with Crippen molar-refractivity contribution in [2.24, 2.45) is 0 Å². The van der Waals surface area contributed by atoms with E-state index in [2.05, 4.69) is 5.32 Å². The molecule has 0 fully saturated rings. The van der Waals surface area contributed by atoms with Crippen LogP contribution in [0.25, 0.3) is 0 Å². The molecule has 0 aromatic heterocycles. The lowest BCUT2D eigenvalue weighted by atomic mass is 10.2. The van der Waals surface area contributed by atoms with Gasteiger partial charge in [0.05, 0.1) is 7.05 Å². The first-order valence-corrected chi connectivity index (χ1v) is 8.00. The number of carbonyl (C=O) groups is 1. The van der Waals surface area contributed by atoms with Crippen LogP contribution in [0.3, 0.4) is 0 Å². The van der Waals surface area contributed by atoms with Crippen molar-refractivity contribution in [2.75, 3.05) is 25.5 Å². The number of amides is 1. The number of hydrogen-bond acceptors (Lipinski definition) is 2. The molecule has 0 saturated carbocycles. The van der Waals surface area contributed by atoms with Gasteiger partial charge in [-0.25, -0.2) is 0 Å². The van der Waals surface area contributed by atoms with Gasteiger partial charge in [-0.3, -0.25) is 4.79 Å². The van der Waals surface area contributed by atoms with E-state index in [0.29, 0.717) is 11.6 Å². The minimum absolute atomic E-state index is 0.0236. The van der Waals surface area contributed by atoms with Crippen LogP contribution < -0.4 is 15.0 Å². The van der Waals surface area contributed by atoms with Crippen molar-refractivity contribution in [1.82, 2.24) is 0 Å². The number of ether oxygens (including phenoxy) is 1. The van der Waals surface area contributed by atoms with Crippen LogP contribution in [0.4, 0.5) is 5.69 Å². The molecule has 0 aliphatic carbocycles. The first-order valence-electron chi connectivity index (χ1n) is 7.63. The Hall–Kier alpha value is -2.04. The molecule has 4 nitrogen and oxygen atoms in total. The van der Waals surface area contributed by atoms with Crippen LogP contribution >= 0.6 is 11.6 Å². The maximum atomic E-state index is 12.3. The first kappa shape index (κ1) is 17.3. The molecular weight excluding hydrogens is 312 g/mol. The lowest BCUT2D eigenvalue weighted by Gasteiger charge is -2.21. The SMILES string of the molecule is C[C@@H](C(=O)Nc1ccc(Cl)cc1)[NH+](C)CCOc1ccccc1. The van der Waals surface area contributed by atoms with Crippen LogP contribution in [0.15, 0.2) is 54.6 Å². The number of rotatable bonds is 7. The average molecular weight is 334 g/mol. The van der Waals surface area contributed by atoms with Crippen LogP contribution in [0.1, 0.15) is 6.92 Å². The van der Waals surface area contributed by atoms with E-state index in [0.717, 1.165) is 22.9 Å². The molecular formula is C18H22ClN2O2+. The quantitative estimate of drug-likeness (QED) is 0.816. The highest BCUT2D eigenvalue weighted by Crippen LogP contribution is 2.13. The molecule has 2 atom stereocenters. The summed E-state index contributed by atoms with van der Waals surface area (Å²) in [6.07, 6.45) is 0. The summed E-state index contributed by atoms with van der Waals surface area (Å²) in [7, 11) is 1.99. The molecule has 2 aromatic carbocycles. The molecule has 5 heteroatoms. The predicted molar refractivity (Wildman–Crippen MR) is 93.2 cm³/mol. The second kappa shape index (κ2) is 8.56. The predicted octanol–water partition coefficient (Wildman–Crippen LogP) is 2.26. The highest BCUT2D eigenvalue weighted by molar-refractivity contribution is 6.30. The number of para-hydroxylation sites is 1. The van der Waals surface area contributed by atoms with Crippen molar-refractivity contribution in [1.29, 1.82) is 0 Å². The highest BCUT2D eigenvalue weighted by atomic mass is 35.5. The van der Waals surface area contributed by atoms with E-state index in [1.54, 1.807) is 24.3 Å². The van der Waals surface area contributed by atoms with Crippen molar-refractivity contribution >= 4 is 23.2 Å². The molecule has 0 spiro atoms. The summed E-state index contributed by atoms with van der Waals surface area (Å²) < 4.78 is 5.67. The van der Waals surface area contributed by atoms with Crippen LogP contribution in [0, 0.1) is 0 Å². The Morgan fingerprint density at radius 1 is 1.17 bits per heavy atom. The number of halogens is 1. The third-order valence-corrected chi connectivity index (χ3v) is 4.00. The summed E-state index contributed by atoms with van der Waals surface area (Å²) in [4.78, 5) is 13.4. The minimum Gasteiger partial charge on any atom is -0.488 e. The Labute approximate surface area is 142 Å². The van der Waals surface area contributed by atoms with Gasteiger partial charge in [-0.1, -0.05) is 29.8 Å². The second-order valence-corrected chi connectivity index (χ2v) is 5.91. The molecule has 0 aliphatic heterocycles. The summed E-state index contributed by atoms with van der Waals surface area (Å²) in [5.74, 6) is 0.822. The molecule has 2 N–H and O–H groups in total. The Bertz CT molecular complexity index is 617. The van der Waals surface area contributed by atoms with E-state index in [4.69, 9.17) is 16.3 Å². The molecule has 122 valence electrons. The van der Waals surface area contributed by atoms with E-state index in [-0.39, 0.29) is 11.9 Å². The van der Waals surface area contributed by atoms with Crippen molar-refractivity contribution in [3.8, 4) is 5.75 Å². The zero-order valence-corrected chi connectivity index (χ0v) is 14.1. The van der Waals surface area contributed by atoms with Crippen LogP contribution in [0.5, 0.6) is 5.75 Å². The maximum absolute atomic E-state index is 12.3. The van der Waals surface area contributed by atoms with Gasteiger partial charge in [0.1, 0.15) is 18.9 Å². The van der Waals surface area contributed by atoms with E-state index in [9.17, 15) is 4.79 Å². The number of quaternary nitrogens is 1. The van der Waals surface area contributed by atoms with Gasteiger partial charge in [-0.05, 0) is 43.3 Å². The fourth-order valence-corrected chi connectivity index (χ4v) is 2.20.